The van der Waals surface area contributed by atoms with Crippen LogP contribution >= 0.6 is 0 Å². The predicted octanol–water partition coefficient (Wildman–Crippen LogP) is 0.810. The average Bonchev–Trinajstić information content (AvgIpc) is 2.42. The quantitative estimate of drug-likeness (QED) is 0.832. The number of hydrogen-bond donors (Lipinski definition) is 1. The Labute approximate surface area is 115 Å². The molecule has 1 N–H and O–H groups in total. The van der Waals surface area contributed by atoms with Crippen LogP contribution in [0.2, 0.25) is 0 Å². The molecule has 1 amide bonds. The topological polar surface area (TPSA) is 54.5 Å². The lowest BCUT2D eigenvalue weighted by Gasteiger charge is -2.29. The van der Waals surface area contributed by atoms with Crippen LogP contribution in [0, 0.1) is 11.8 Å². The number of ether oxygens (including phenoxy) is 1. The van der Waals surface area contributed by atoms with Crippen LogP contribution < -0.4 is 5.32 Å². The standard InChI is InChI=1S/C13H17F2N3O2/c1-9(8-18-4-6-20-7-5-18)17-13(19)10-2-3-16-12(15)11(10)14/h2-3,9H,4-8H2,1H3,(H,17,19). The van der Waals surface area contributed by atoms with Gasteiger partial charge in [-0.05, 0) is 13.0 Å². The Hall–Kier alpha value is -1.60. The molecule has 7 heteroatoms. The molecule has 110 valence electrons. The van der Waals surface area contributed by atoms with Crippen LogP contribution in [0.4, 0.5) is 8.78 Å². The van der Waals surface area contributed by atoms with Gasteiger partial charge in [0.15, 0.2) is 5.82 Å². The lowest BCUT2D eigenvalue weighted by molar-refractivity contribution is 0.0342. The maximum absolute atomic E-state index is 13.4. The van der Waals surface area contributed by atoms with E-state index in [1.54, 1.807) is 0 Å². The zero-order chi connectivity index (χ0) is 14.5. The number of nitrogens with zero attached hydrogens (tertiary/aromatic N) is 2. The number of carbonyl (C=O) groups excluding carboxylic acids is 1. The minimum Gasteiger partial charge on any atom is -0.379 e. The third-order valence-electron chi connectivity index (χ3n) is 3.10. The molecule has 1 unspecified atom stereocenters. The van der Waals surface area contributed by atoms with Gasteiger partial charge in [-0.2, -0.15) is 4.39 Å². The molecule has 1 aliphatic rings. The molecular formula is C13H17F2N3O2. The van der Waals surface area contributed by atoms with Crippen molar-refractivity contribution >= 4 is 5.91 Å². The molecule has 0 spiro atoms. The predicted molar refractivity (Wildman–Crippen MR) is 68.3 cm³/mol. The molecule has 1 aromatic heterocycles. The van der Waals surface area contributed by atoms with Crippen LogP contribution in [0.3, 0.4) is 0 Å². The van der Waals surface area contributed by atoms with Gasteiger partial charge in [0.1, 0.15) is 0 Å². The molecule has 0 aliphatic carbocycles. The maximum Gasteiger partial charge on any atom is 0.254 e. The fourth-order valence-electron chi connectivity index (χ4n) is 2.11. The van der Waals surface area contributed by atoms with Crippen molar-refractivity contribution in [3.63, 3.8) is 0 Å². The Bertz CT molecular complexity index is 479. The van der Waals surface area contributed by atoms with E-state index >= 15 is 0 Å². The van der Waals surface area contributed by atoms with Crippen molar-refractivity contribution in [2.24, 2.45) is 0 Å². The summed E-state index contributed by atoms with van der Waals surface area (Å²) in [6.45, 7) is 5.42. The van der Waals surface area contributed by atoms with E-state index in [0.717, 1.165) is 25.4 Å². The first-order chi connectivity index (χ1) is 9.58. The van der Waals surface area contributed by atoms with Crippen LogP contribution in [0.5, 0.6) is 0 Å². The summed E-state index contributed by atoms with van der Waals surface area (Å²) in [5.74, 6) is -3.12. The summed E-state index contributed by atoms with van der Waals surface area (Å²) >= 11 is 0. The first kappa shape index (κ1) is 14.8. The summed E-state index contributed by atoms with van der Waals surface area (Å²) < 4.78 is 31.6. The molecule has 0 saturated carbocycles. The minimum absolute atomic E-state index is 0.170. The third kappa shape index (κ3) is 3.71. The van der Waals surface area contributed by atoms with Crippen molar-refractivity contribution in [3.8, 4) is 0 Å². The highest BCUT2D eigenvalue weighted by atomic mass is 19.2. The molecule has 5 nitrogen and oxygen atoms in total. The van der Waals surface area contributed by atoms with Gasteiger partial charge in [0.05, 0.1) is 18.8 Å². The summed E-state index contributed by atoms with van der Waals surface area (Å²) in [7, 11) is 0. The van der Waals surface area contributed by atoms with E-state index in [-0.39, 0.29) is 11.6 Å². The fourth-order valence-corrected chi connectivity index (χ4v) is 2.11. The maximum atomic E-state index is 13.4. The molecule has 0 aromatic carbocycles. The second-order valence-corrected chi connectivity index (χ2v) is 4.75. The monoisotopic (exact) mass is 285 g/mol. The molecule has 1 aliphatic heterocycles. The van der Waals surface area contributed by atoms with Gasteiger partial charge < -0.3 is 10.1 Å². The molecule has 20 heavy (non-hydrogen) atoms. The third-order valence-corrected chi connectivity index (χ3v) is 3.10. The summed E-state index contributed by atoms with van der Waals surface area (Å²) in [5.41, 5.74) is -0.327. The van der Waals surface area contributed by atoms with Gasteiger partial charge in [0, 0.05) is 31.9 Å². The van der Waals surface area contributed by atoms with Gasteiger partial charge in [-0.3, -0.25) is 9.69 Å². The van der Waals surface area contributed by atoms with Crippen LogP contribution in [-0.4, -0.2) is 54.7 Å². The summed E-state index contributed by atoms with van der Waals surface area (Å²) in [4.78, 5) is 17.2. The van der Waals surface area contributed by atoms with Gasteiger partial charge in [0.2, 0.25) is 5.95 Å². The van der Waals surface area contributed by atoms with Gasteiger partial charge in [-0.15, -0.1) is 0 Å². The van der Waals surface area contributed by atoms with Gasteiger partial charge in [-0.1, -0.05) is 0 Å². The molecule has 1 fully saturated rings. The lowest BCUT2D eigenvalue weighted by Crippen LogP contribution is -2.46. The van der Waals surface area contributed by atoms with Crippen LogP contribution in [-0.2, 0) is 4.74 Å². The van der Waals surface area contributed by atoms with Crippen LogP contribution in [0.25, 0.3) is 0 Å². The van der Waals surface area contributed by atoms with E-state index in [1.165, 1.54) is 0 Å². The Morgan fingerprint density at radius 1 is 1.50 bits per heavy atom. The van der Waals surface area contributed by atoms with E-state index < -0.39 is 17.7 Å². The van der Waals surface area contributed by atoms with Crippen molar-refractivity contribution < 1.29 is 18.3 Å². The number of pyridine rings is 1. The molecule has 0 bridgehead atoms. The zero-order valence-electron chi connectivity index (χ0n) is 11.2. The van der Waals surface area contributed by atoms with Crippen molar-refractivity contribution in [2.45, 2.75) is 13.0 Å². The van der Waals surface area contributed by atoms with Crippen molar-refractivity contribution in [1.82, 2.24) is 15.2 Å². The highest BCUT2D eigenvalue weighted by Crippen LogP contribution is 2.09. The summed E-state index contributed by atoms with van der Waals surface area (Å²) in [5, 5.41) is 2.66. The van der Waals surface area contributed by atoms with E-state index in [2.05, 4.69) is 15.2 Å². The highest BCUT2D eigenvalue weighted by Gasteiger charge is 2.19. The first-order valence-electron chi connectivity index (χ1n) is 6.49. The number of hydrogen-bond acceptors (Lipinski definition) is 4. The molecule has 1 aromatic rings. The molecule has 1 atom stereocenters. The minimum atomic E-state index is -1.27. The Morgan fingerprint density at radius 3 is 2.90 bits per heavy atom. The average molecular weight is 285 g/mol. The molecule has 2 heterocycles. The number of nitrogens with one attached hydrogen (secondary N) is 1. The van der Waals surface area contributed by atoms with Crippen LogP contribution in [0.1, 0.15) is 17.3 Å². The van der Waals surface area contributed by atoms with E-state index in [0.29, 0.717) is 19.8 Å². The summed E-state index contributed by atoms with van der Waals surface area (Å²) in [6, 6.07) is 0.992. The van der Waals surface area contributed by atoms with E-state index in [9.17, 15) is 13.6 Å². The Morgan fingerprint density at radius 2 is 2.20 bits per heavy atom. The number of rotatable bonds is 4. The van der Waals surface area contributed by atoms with E-state index in [4.69, 9.17) is 4.74 Å². The zero-order valence-corrected chi connectivity index (χ0v) is 11.2. The number of amides is 1. The van der Waals surface area contributed by atoms with Gasteiger partial charge in [0.25, 0.3) is 5.91 Å². The number of halogens is 2. The number of morpholine rings is 1. The Kier molecular flexibility index (Phi) is 4.97. The second-order valence-electron chi connectivity index (χ2n) is 4.75. The largest absolute Gasteiger partial charge is 0.379 e. The van der Waals surface area contributed by atoms with Crippen molar-refractivity contribution in [3.05, 3.63) is 29.6 Å². The highest BCUT2D eigenvalue weighted by molar-refractivity contribution is 5.94. The molecule has 0 radical (unpaired) electrons. The van der Waals surface area contributed by atoms with Crippen molar-refractivity contribution in [2.75, 3.05) is 32.8 Å². The first-order valence-corrected chi connectivity index (χ1v) is 6.49. The number of aromatic nitrogens is 1. The van der Waals surface area contributed by atoms with Crippen LogP contribution in [0.15, 0.2) is 12.3 Å². The van der Waals surface area contributed by atoms with E-state index in [1.807, 2.05) is 6.92 Å². The number of carbonyl (C=O) groups is 1. The summed E-state index contributed by atoms with van der Waals surface area (Å²) in [6.07, 6.45) is 1.07. The smallest absolute Gasteiger partial charge is 0.254 e. The Balaban J connectivity index is 1.91. The van der Waals surface area contributed by atoms with Gasteiger partial charge >= 0.3 is 0 Å². The lowest BCUT2D eigenvalue weighted by atomic mass is 10.2. The fraction of sp³-hybridized carbons (Fsp3) is 0.538. The van der Waals surface area contributed by atoms with Crippen molar-refractivity contribution in [1.29, 1.82) is 0 Å². The second kappa shape index (κ2) is 6.71. The molecule has 2 rings (SSSR count). The molecule has 1 saturated heterocycles. The SMILES string of the molecule is CC(CN1CCOCC1)NC(=O)c1ccnc(F)c1F. The van der Waals surface area contributed by atoms with Gasteiger partial charge in [-0.25, -0.2) is 9.37 Å². The normalized spacial score (nSPS) is 17.8. The molecular weight excluding hydrogens is 268 g/mol.